The minimum absolute atomic E-state index is 0.605. The van der Waals surface area contributed by atoms with Crippen molar-refractivity contribution in [3.8, 4) is 23.0 Å². The van der Waals surface area contributed by atoms with Crippen LogP contribution in [0.15, 0.2) is 48.5 Å². The fraction of sp³-hybridized carbons (Fsp3) is 0.273. The largest absolute Gasteiger partial charge is 0.497 e. The lowest BCUT2D eigenvalue weighted by molar-refractivity contribution is 0.323. The summed E-state index contributed by atoms with van der Waals surface area (Å²) in [5.41, 5.74) is 2.29. The Bertz CT molecular complexity index is 898. The van der Waals surface area contributed by atoms with E-state index in [0.717, 1.165) is 17.9 Å². The summed E-state index contributed by atoms with van der Waals surface area (Å²) in [6, 6.07) is 16.5. The van der Waals surface area contributed by atoms with Gasteiger partial charge in [0.1, 0.15) is 5.75 Å². The first kappa shape index (κ1) is 18.9. The standard InChI is InChI=1S/C22H25NO4/c1-24-19-8-7-17-9-15(5-6-18(17)12-19)13-23-14-16-10-20(25-2)22(27-4)21(11-16)26-3/h5-12,23H,13-14H2,1-4H3. The molecule has 3 aromatic rings. The van der Waals surface area contributed by atoms with E-state index in [4.69, 9.17) is 18.9 Å². The highest BCUT2D eigenvalue weighted by molar-refractivity contribution is 5.84. The number of ether oxygens (including phenoxy) is 4. The molecular formula is C22H25NO4. The highest BCUT2D eigenvalue weighted by Gasteiger charge is 2.12. The van der Waals surface area contributed by atoms with Crippen LogP contribution in [0.1, 0.15) is 11.1 Å². The summed E-state index contributed by atoms with van der Waals surface area (Å²) in [5, 5.41) is 5.84. The number of fused-ring (bicyclic) bond motifs is 1. The van der Waals surface area contributed by atoms with Crippen LogP contribution in [0.4, 0.5) is 0 Å². The minimum Gasteiger partial charge on any atom is -0.497 e. The molecule has 0 aromatic heterocycles. The maximum atomic E-state index is 5.41. The van der Waals surface area contributed by atoms with Gasteiger partial charge in [-0.2, -0.15) is 0 Å². The van der Waals surface area contributed by atoms with E-state index in [1.54, 1.807) is 28.4 Å². The minimum atomic E-state index is 0.605. The van der Waals surface area contributed by atoms with Crippen LogP contribution in [-0.4, -0.2) is 28.4 Å². The molecule has 5 heteroatoms. The van der Waals surface area contributed by atoms with Crippen LogP contribution < -0.4 is 24.3 Å². The lowest BCUT2D eigenvalue weighted by Gasteiger charge is -2.14. The molecule has 3 rings (SSSR count). The number of benzene rings is 3. The van der Waals surface area contributed by atoms with Crippen molar-refractivity contribution in [1.29, 1.82) is 0 Å². The van der Waals surface area contributed by atoms with Crippen molar-refractivity contribution in [1.82, 2.24) is 5.32 Å². The molecule has 0 unspecified atom stereocenters. The Hall–Kier alpha value is -2.92. The molecule has 0 saturated heterocycles. The van der Waals surface area contributed by atoms with Crippen molar-refractivity contribution in [3.05, 3.63) is 59.7 Å². The second kappa shape index (κ2) is 8.64. The third-order valence-corrected chi connectivity index (χ3v) is 4.49. The Balaban J connectivity index is 1.70. The maximum absolute atomic E-state index is 5.41. The molecule has 0 aliphatic carbocycles. The molecule has 0 aliphatic rings. The zero-order valence-electron chi connectivity index (χ0n) is 16.2. The van der Waals surface area contributed by atoms with Gasteiger partial charge < -0.3 is 24.3 Å². The molecule has 0 atom stereocenters. The Morgan fingerprint density at radius 3 is 1.89 bits per heavy atom. The van der Waals surface area contributed by atoms with Crippen LogP contribution in [0.3, 0.4) is 0 Å². The molecule has 142 valence electrons. The summed E-state index contributed by atoms with van der Waals surface area (Å²) in [5.74, 6) is 2.80. The second-order valence-electron chi connectivity index (χ2n) is 6.18. The Labute approximate surface area is 159 Å². The van der Waals surface area contributed by atoms with E-state index in [1.807, 2.05) is 24.3 Å². The first-order chi connectivity index (χ1) is 13.2. The predicted octanol–water partition coefficient (Wildman–Crippen LogP) is 4.16. The predicted molar refractivity (Wildman–Crippen MR) is 107 cm³/mol. The average molecular weight is 367 g/mol. The van der Waals surface area contributed by atoms with Gasteiger partial charge in [-0.25, -0.2) is 0 Å². The SMILES string of the molecule is COc1ccc2cc(CNCc3cc(OC)c(OC)c(OC)c3)ccc2c1. The Morgan fingerprint density at radius 1 is 0.630 bits per heavy atom. The van der Waals surface area contributed by atoms with Crippen molar-refractivity contribution < 1.29 is 18.9 Å². The second-order valence-corrected chi connectivity index (χ2v) is 6.18. The third-order valence-electron chi connectivity index (χ3n) is 4.49. The van der Waals surface area contributed by atoms with Gasteiger partial charge in [-0.3, -0.25) is 0 Å². The van der Waals surface area contributed by atoms with Crippen LogP contribution in [0.25, 0.3) is 10.8 Å². The van der Waals surface area contributed by atoms with E-state index >= 15 is 0 Å². The van der Waals surface area contributed by atoms with Crippen molar-refractivity contribution in [2.75, 3.05) is 28.4 Å². The van der Waals surface area contributed by atoms with Crippen LogP contribution in [0.5, 0.6) is 23.0 Å². The van der Waals surface area contributed by atoms with Gasteiger partial charge in [0, 0.05) is 13.1 Å². The highest BCUT2D eigenvalue weighted by Crippen LogP contribution is 2.38. The monoisotopic (exact) mass is 367 g/mol. The molecule has 0 bridgehead atoms. The number of nitrogens with one attached hydrogen (secondary N) is 1. The van der Waals surface area contributed by atoms with Crippen molar-refractivity contribution >= 4 is 10.8 Å². The van der Waals surface area contributed by atoms with Crippen LogP contribution >= 0.6 is 0 Å². The normalized spacial score (nSPS) is 10.7. The first-order valence-electron chi connectivity index (χ1n) is 8.74. The van der Waals surface area contributed by atoms with Crippen LogP contribution in [-0.2, 0) is 13.1 Å². The molecule has 0 fully saturated rings. The average Bonchev–Trinajstić information content (AvgIpc) is 2.72. The molecule has 3 aromatic carbocycles. The van der Waals surface area contributed by atoms with Crippen LogP contribution in [0, 0.1) is 0 Å². The molecular weight excluding hydrogens is 342 g/mol. The third kappa shape index (κ3) is 4.26. The van der Waals surface area contributed by atoms with Crippen LogP contribution in [0.2, 0.25) is 0 Å². The summed E-state index contributed by atoms with van der Waals surface area (Å²) in [6.45, 7) is 1.45. The molecule has 0 spiro atoms. The Morgan fingerprint density at radius 2 is 1.26 bits per heavy atom. The van der Waals surface area contributed by atoms with Crippen molar-refractivity contribution in [2.45, 2.75) is 13.1 Å². The van der Waals surface area contributed by atoms with Crippen molar-refractivity contribution in [3.63, 3.8) is 0 Å². The first-order valence-corrected chi connectivity index (χ1v) is 8.74. The summed E-state index contributed by atoms with van der Waals surface area (Å²) < 4.78 is 21.5. The molecule has 1 N–H and O–H groups in total. The van der Waals surface area contributed by atoms with Gasteiger partial charge in [-0.05, 0) is 52.2 Å². The smallest absolute Gasteiger partial charge is 0.203 e. The van der Waals surface area contributed by atoms with E-state index in [-0.39, 0.29) is 0 Å². The van der Waals surface area contributed by atoms with E-state index in [9.17, 15) is 0 Å². The maximum Gasteiger partial charge on any atom is 0.203 e. The van der Waals surface area contributed by atoms with E-state index in [1.165, 1.54) is 16.3 Å². The fourth-order valence-corrected chi connectivity index (χ4v) is 3.10. The summed E-state index contributed by atoms with van der Waals surface area (Å²) in [4.78, 5) is 0. The van der Waals surface area contributed by atoms with Gasteiger partial charge in [0.05, 0.1) is 28.4 Å². The molecule has 0 amide bonds. The molecule has 27 heavy (non-hydrogen) atoms. The van der Waals surface area contributed by atoms with Gasteiger partial charge in [0.25, 0.3) is 0 Å². The Kier molecular flexibility index (Phi) is 6.04. The molecule has 5 nitrogen and oxygen atoms in total. The number of rotatable bonds is 8. The summed E-state index contributed by atoms with van der Waals surface area (Å²) in [7, 11) is 6.54. The molecule has 0 aliphatic heterocycles. The van der Waals surface area contributed by atoms with E-state index < -0.39 is 0 Å². The zero-order valence-corrected chi connectivity index (χ0v) is 16.2. The topological polar surface area (TPSA) is 49.0 Å². The van der Waals surface area contributed by atoms with Gasteiger partial charge >= 0.3 is 0 Å². The number of hydrogen-bond acceptors (Lipinski definition) is 5. The summed E-state index contributed by atoms with van der Waals surface area (Å²) in [6.07, 6.45) is 0. The van der Waals surface area contributed by atoms with Gasteiger partial charge in [-0.1, -0.05) is 18.2 Å². The zero-order chi connectivity index (χ0) is 19.2. The number of hydrogen-bond donors (Lipinski definition) is 1. The van der Waals surface area contributed by atoms with Gasteiger partial charge in [0.15, 0.2) is 11.5 Å². The molecule has 0 radical (unpaired) electrons. The van der Waals surface area contributed by atoms with Crippen molar-refractivity contribution in [2.24, 2.45) is 0 Å². The van der Waals surface area contributed by atoms with E-state index in [0.29, 0.717) is 23.8 Å². The molecule has 0 heterocycles. The van der Waals surface area contributed by atoms with Gasteiger partial charge in [0.2, 0.25) is 5.75 Å². The fourth-order valence-electron chi connectivity index (χ4n) is 3.10. The lowest BCUT2D eigenvalue weighted by Crippen LogP contribution is -2.13. The lowest BCUT2D eigenvalue weighted by atomic mass is 10.1. The van der Waals surface area contributed by atoms with Gasteiger partial charge in [-0.15, -0.1) is 0 Å². The quantitative estimate of drug-likeness (QED) is 0.648. The number of methoxy groups -OCH3 is 4. The highest BCUT2D eigenvalue weighted by atomic mass is 16.5. The summed E-state index contributed by atoms with van der Waals surface area (Å²) >= 11 is 0. The van der Waals surface area contributed by atoms with E-state index in [2.05, 4.69) is 29.6 Å². The molecule has 0 saturated carbocycles.